The van der Waals surface area contributed by atoms with Gasteiger partial charge in [0.25, 0.3) is 0 Å². The van der Waals surface area contributed by atoms with E-state index in [2.05, 4.69) is 22.8 Å². The molecule has 0 saturated carbocycles. The summed E-state index contributed by atoms with van der Waals surface area (Å²) in [6.45, 7) is 0. The molecule has 1 nitrogen and oxygen atoms in total. The average molecular weight is 214 g/mol. The van der Waals surface area contributed by atoms with Gasteiger partial charge in [-0.2, -0.15) is 0 Å². The van der Waals surface area contributed by atoms with Crippen LogP contribution in [0.15, 0.2) is 23.1 Å². The zero-order valence-electron chi connectivity index (χ0n) is 6.28. The van der Waals surface area contributed by atoms with Crippen LogP contribution < -0.4 is 29.6 Å². The van der Waals surface area contributed by atoms with Crippen molar-refractivity contribution in [1.82, 2.24) is 0 Å². The Bertz CT molecular complexity index is 276. The Hall–Kier alpha value is 1.20. The van der Waals surface area contributed by atoms with Crippen molar-refractivity contribution >= 4 is 30.4 Å². The molecule has 1 aliphatic rings. The molecule has 0 N–H and O–H groups in total. The molecule has 1 atom stereocenters. The maximum atomic E-state index is 11.1. The van der Waals surface area contributed by atoms with Crippen molar-refractivity contribution in [1.29, 1.82) is 0 Å². The minimum Gasteiger partial charge on any atom is -0.673 e. The van der Waals surface area contributed by atoms with Crippen molar-refractivity contribution in [2.75, 3.05) is 0 Å². The Morgan fingerprint density at radius 1 is 1.64 bits per heavy atom. The van der Waals surface area contributed by atoms with Crippen molar-refractivity contribution in [3.8, 4) is 0 Å². The zero-order chi connectivity index (χ0) is 7.61. The number of rotatable bonds is 1. The van der Waals surface area contributed by atoms with E-state index in [4.69, 9.17) is 0 Å². The SMILES string of the molecule is O=S(=S)([S-])C1=CC=CCC1.[Na+]. The third-order valence-corrected chi connectivity index (χ3v) is 3.56. The van der Waals surface area contributed by atoms with Crippen LogP contribution in [0.25, 0.3) is 0 Å². The maximum absolute atomic E-state index is 11.1. The van der Waals surface area contributed by atoms with Gasteiger partial charge in [-0.25, -0.2) is 0 Å². The molecule has 56 valence electrons. The second kappa shape index (κ2) is 5.04. The van der Waals surface area contributed by atoms with E-state index in [1.807, 2.05) is 12.2 Å². The third kappa shape index (κ3) is 4.10. The summed E-state index contributed by atoms with van der Waals surface area (Å²) in [5, 5.41) is 0. The van der Waals surface area contributed by atoms with E-state index >= 15 is 0 Å². The number of allylic oxidation sites excluding steroid dienone is 4. The average Bonchev–Trinajstić information content (AvgIpc) is 1.88. The first-order valence-electron chi connectivity index (χ1n) is 2.92. The summed E-state index contributed by atoms with van der Waals surface area (Å²) < 4.78 is 11.1. The normalized spacial score (nSPS) is 21.4. The van der Waals surface area contributed by atoms with E-state index < -0.39 is 7.52 Å². The molecule has 0 heterocycles. The van der Waals surface area contributed by atoms with Gasteiger partial charge < -0.3 is 11.7 Å². The molecule has 5 heteroatoms. The minimum atomic E-state index is -2.50. The van der Waals surface area contributed by atoms with Gasteiger partial charge in [-0.3, -0.25) is 4.21 Å². The van der Waals surface area contributed by atoms with E-state index in [0.29, 0.717) is 0 Å². The van der Waals surface area contributed by atoms with Crippen molar-refractivity contribution in [2.24, 2.45) is 0 Å². The monoisotopic (exact) mass is 214 g/mol. The van der Waals surface area contributed by atoms with Gasteiger partial charge >= 0.3 is 29.6 Å². The molecule has 1 unspecified atom stereocenters. The van der Waals surface area contributed by atoms with E-state index in [1.54, 1.807) is 6.08 Å². The molecule has 0 bridgehead atoms. The topological polar surface area (TPSA) is 17.1 Å². The van der Waals surface area contributed by atoms with Crippen LogP contribution in [0.4, 0.5) is 0 Å². The van der Waals surface area contributed by atoms with Crippen molar-refractivity contribution in [3.05, 3.63) is 23.1 Å². The molecule has 0 aliphatic heterocycles. The van der Waals surface area contributed by atoms with Crippen molar-refractivity contribution in [2.45, 2.75) is 12.8 Å². The van der Waals surface area contributed by atoms with Crippen LogP contribution in [0.2, 0.25) is 0 Å². The third-order valence-electron chi connectivity index (χ3n) is 1.30. The fourth-order valence-electron chi connectivity index (χ4n) is 0.789. The van der Waals surface area contributed by atoms with Crippen molar-refractivity contribution < 1.29 is 33.8 Å². The van der Waals surface area contributed by atoms with Crippen LogP contribution in [-0.4, -0.2) is 4.21 Å². The van der Waals surface area contributed by atoms with E-state index in [0.717, 1.165) is 17.7 Å². The second-order valence-corrected chi connectivity index (χ2v) is 6.94. The Kier molecular flexibility index (Phi) is 5.59. The van der Waals surface area contributed by atoms with E-state index in [1.165, 1.54) is 0 Å². The fraction of sp³-hybridized carbons (Fsp3) is 0.333. The van der Waals surface area contributed by atoms with Crippen LogP contribution in [0.1, 0.15) is 12.8 Å². The van der Waals surface area contributed by atoms with Crippen molar-refractivity contribution in [3.63, 3.8) is 0 Å². The molecule has 0 aromatic rings. The van der Waals surface area contributed by atoms with E-state index in [9.17, 15) is 4.21 Å². The standard InChI is InChI=1S/C6H8OS3.Na/c7-10(8,9)6-4-2-1-3-5-6;/h1-2,4H,3,5H2,(H,7,8,9);/q;+1/p-1. The summed E-state index contributed by atoms with van der Waals surface area (Å²) in [5.41, 5.74) is 0. The summed E-state index contributed by atoms with van der Waals surface area (Å²) in [6, 6.07) is 0. The van der Waals surface area contributed by atoms with Gasteiger partial charge in [-0.05, 0) is 28.9 Å². The molecular formula is C6H7NaOS3. The Labute approximate surface area is 99.1 Å². The molecule has 1 aliphatic carbocycles. The smallest absolute Gasteiger partial charge is 0.673 e. The van der Waals surface area contributed by atoms with Crippen LogP contribution in [0, 0.1) is 0 Å². The van der Waals surface area contributed by atoms with Crippen LogP contribution >= 0.6 is 0 Å². The maximum Gasteiger partial charge on any atom is 1.00 e. The van der Waals surface area contributed by atoms with Gasteiger partial charge in [0, 0.05) is 0 Å². The molecule has 0 spiro atoms. The van der Waals surface area contributed by atoms with Gasteiger partial charge in [0.05, 0.1) is 0 Å². The zero-order valence-corrected chi connectivity index (χ0v) is 10.7. The fourth-order valence-corrected chi connectivity index (χ4v) is 2.24. The first-order chi connectivity index (χ1) is 4.61. The summed E-state index contributed by atoms with van der Waals surface area (Å²) in [7, 11) is -2.50. The van der Waals surface area contributed by atoms with Crippen LogP contribution in [0.5, 0.6) is 0 Å². The first-order valence-corrected chi connectivity index (χ1v) is 6.33. The Morgan fingerprint density at radius 2 is 2.27 bits per heavy atom. The summed E-state index contributed by atoms with van der Waals surface area (Å²) in [4.78, 5) is 0.736. The molecule has 11 heavy (non-hydrogen) atoms. The quantitative estimate of drug-likeness (QED) is 0.298. The Balaban J connectivity index is 0.000001000. The summed E-state index contributed by atoms with van der Waals surface area (Å²) in [5.74, 6) is 0. The van der Waals surface area contributed by atoms with Crippen LogP contribution in [0.3, 0.4) is 0 Å². The second-order valence-electron chi connectivity index (χ2n) is 2.05. The molecule has 0 fully saturated rings. The molecule has 0 radical (unpaired) electrons. The first kappa shape index (κ1) is 12.2. The summed E-state index contributed by atoms with van der Waals surface area (Å²) in [6.07, 6.45) is 7.32. The Morgan fingerprint density at radius 3 is 2.55 bits per heavy atom. The predicted octanol–water partition coefficient (Wildman–Crippen LogP) is -1.57. The number of hydrogen-bond donors (Lipinski definition) is 0. The van der Waals surface area contributed by atoms with Gasteiger partial charge in [0.15, 0.2) is 0 Å². The minimum absolute atomic E-state index is 0. The van der Waals surface area contributed by atoms with Gasteiger partial charge in [-0.15, -0.1) is 0 Å². The largest absolute Gasteiger partial charge is 1.00 e. The van der Waals surface area contributed by atoms with Crippen LogP contribution in [-0.2, 0) is 30.4 Å². The molecule has 0 saturated heterocycles. The molecule has 0 aromatic heterocycles. The van der Waals surface area contributed by atoms with E-state index in [-0.39, 0.29) is 29.6 Å². The number of hydrogen-bond acceptors (Lipinski definition) is 3. The molecule has 0 aromatic carbocycles. The van der Waals surface area contributed by atoms with Gasteiger partial charge in [0.2, 0.25) is 0 Å². The summed E-state index contributed by atoms with van der Waals surface area (Å²) >= 11 is 9.29. The predicted molar refractivity (Wildman–Crippen MR) is 49.3 cm³/mol. The van der Waals surface area contributed by atoms with Gasteiger partial charge in [0.1, 0.15) is 0 Å². The van der Waals surface area contributed by atoms with Gasteiger partial charge in [-0.1, -0.05) is 25.8 Å². The molecule has 0 amide bonds. The molecular weight excluding hydrogens is 207 g/mol. The molecule has 1 rings (SSSR count).